The number of alkyl carbamates (subject to hydrolysis) is 1. The molecule has 0 saturated heterocycles. The van der Waals surface area contributed by atoms with Crippen LogP contribution in [0, 0.1) is 0 Å². The maximum atomic E-state index is 12.9. The van der Waals surface area contributed by atoms with Crippen LogP contribution < -0.4 is 21.3 Å². The second-order valence-corrected chi connectivity index (χ2v) is 13.7. The van der Waals surface area contributed by atoms with Gasteiger partial charge in [-0.2, -0.15) is 9.61 Å². The number of amides is 3. The van der Waals surface area contributed by atoms with E-state index < -0.39 is 11.7 Å². The van der Waals surface area contributed by atoms with Crippen molar-refractivity contribution in [2.24, 2.45) is 0 Å². The second kappa shape index (κ2) is 14.9. The zero-order chi connectivity index (χ0) is 36.1. The smallest absolute Gasteiger partial charge is 0.407 e. The number of carbonyl (C=O) groups excluding carboxylic acids is 3. The van der Waals surface area contributed by atoms with Crippen molar-refractivity contribution in [2.75, 3.05) is 16.0 Å². The van der Waals surface area contributed by atoms with Crippen molar-refractivity contribution >= 4 is 62.4 Å². The van der Waals surface area contributed by atoms with E-state index in [4.69, 9.17) is 9.72 Å². The van der Waals surface area contributed by atoms with Gasteiger partial charge in [-0.25, -0.2) is 9.78 Å². The third kappa shape index (κ3) is 8.97. The summed E-state index contributed by atoms with van der Waals surface area (Å²) in [7, 11) is 0. The molecular weight excluding hydrogens is 710 g/mol. The molecule has 6 aromatic rings. The Bertz CT molecular complexity index is 2210. The minimum Gasteiger partial charge on any atom is -0.444 e. The molecule has 0 atom stereocenters. The lowest BCUT2D eigenvalue weighted by Crippen LogP contribution is -2.32. The van der Waals surface area contributed by atoms with Gasteiger partial charge in [0.05, 0.1) is 21.9 Å². The predicted molar refractivity (Wildman–Crippen MR) is 203 cm³/mol. The molecular formula is C39H36BrN7O4. The number of hydrogen-bond donors (Lipinski definition) is 4. The van der Waals surface area contributed by atoms with Gasteiger partial charge in [0, 0.05) is 41.7 Å². The molecule has 0 unspecified atom stereocenters. The number of aromatic nitrogens is 3. The number of hydrogen-bond acceptors (Lipinski definition) is 7. The van der Waals surface area contributed by atoms with Gasteiger partial charge in [0.25, 0.3) is 5.91 Å². The van der Waals surface area contributed by atoms with Crippen molar-refractivity contribution in [3.05, 3.63) is 125 Å². The topological polar surface area (TPSA) is 139 Å². The number of benzene rings is 4. The highest BCUT2D eigenvalue weighted by Gasteiger charge is 2.16. The SMILES string of the molecule is CC(=O)Nc1cccc(-c2ccc(-c3cc4c(Br)cnn4c(Nc4ccc(NC(=O)c5ccc(CNC(=O)OC(C)(C)C)cc5)cc4)n3)cc2)c1. The Morgan fingerprint density at radius 2 is 1.47 bits per heavy atom. The molecule has 2 heterocycles. The fourth-order valence-electron chi connectivity index (χ4n) is 5.23. The van der Waals surface area contributed by atoms with Crippen molar-refractivity contribution in [3.8, 4) is 22.4 Å². The first-order valence-corrected chi connectivity index (χ1v) is 17.0. The molecule has 11 nitrogen and oxygen atoms in total. The molecule has 0 fully saturated rings. The predicted octanol–water partition coefficient (Wildman–Crippen LogP) is 8.80. The first-order valence-electron chi connectivity index (χ1n) is 16.2. The first kappa shape index (κ1) is 34.8. The Kier molecular flexibility index (Phi) is 10.1. The summed E-state index contributed by atoms with van der Waals surface area (Å²) in [6.07, 6.45) is 1.22. The van der Waals surface area contributed by atoms with Crippen molar-refractivity contribution < 1.29 is 19.1 Å². The van der Waals surface area contributed by atoms with Gasteiger partial charge in [-0.3, -0.25) is 9.59 Å². The molecule has 3 amide bonds. The largest absolute Gasteiger partial charge is 0.444 e. The lowest BCUT2D eigenvalue weighted by Gasteiger charge is -2.19. The monoisotopic (exact) mass is 745 g/mol. The van der Waals surface area contributed by atoms with Crippen LogP contribution in [0.1, 0.15) is 43.6 Å². The Hall–Kier alpha value is -6.01. The molecule has 0 spiro atoms. The lowest BCUT2D eigenvalue weighted by atomic mass is 10.0. The van der Waals surface area contributed by atoms with Gasteiger partial charge in [0.15, 0.2) is 0 Å². The summed E-state index contributed by atoms with van der Waals surface area (Å²) in [6.45, 7) is 7.19. The second-order valence-electron chi connectivity index (χ2n) is 12.8. The number of halogens is 1. The van der Waals surface area contributed by atoms with Crippen LogP contribution in [0.25, 0.3) is 27.9 Å². The highest BCUT2D eigenvalue weighted by atomic mass is 79.9. The Balaban J connectivity index is 1.13. The van der Waals surface area contributed by atoms with E-state index in [-0.39, 0.29) is 18.4 Å². The van der Waals surface area contributed by atoms with E-state index >= 15 is 0 Å². The van der Waals surface area contributed by atoms with Gasteiger partial charge < -0.3 is 26.0 Å². The summed E-state index contributed by atoms with van der Waals surface area (Å²) >= 11 is 3.61. The molecule has 2 aromatic heterocycles. The number of carbonyl (C=O) groups is 3. The van der Waals surface area contributed by atoms with Crippen molar-refractivity contribution in [1.82, 2.24) is 19.9 Å². The number of nitrogens with one attached hydrogen (secondary N) is 4. The summed E-state index contributed by atoms with van der Waals surface area (Å²) in [5.74, 6) is 0.137. The number of fused-ring (bicyclic) bond motifs is 1. The van der Waals surface area contributed by atoms with Gasteiger partial charge in [-0.15, -0.1) is 0 Å². The van der Waals surface area contributed by atoms with Crippen LogP contribution in [-0.4, -0.2) is 38.1 Å². The van der Waals surface area contributed by atoms with E-state index in [1.54, 1.807) is 67.9 Å². The number of rotatable bonds is 9. The normalized spacial score (nSPS) is 11.2. The average Bonchev–Trinajstić information content (AvgIpc) is 3.48. The molecule has 51 heavy (non-hydrogen) atoms. The minimum absolute atomic E-state index is 0.117. The summed E-state index contributed by atoms with van der Waals surface area (Å²) in [5, 5.41) is 16.3. The average molecular weight is 747 g/mol. The van der Waals surface area contributed by atoms with Crippen LogP contribution in [0.2, 0.25) is 0 Å². The third-order valence-corrected chi connectivity index (χ3v) is 8.22. The summed E-state index contributed by atoms with van der Waals surface area (Å²) < 4.78 is 7.81. The summed E-state index contributed by atoms with van der Waals surface area (Å²) in [5.41, 5.74) is 7.36. The van der Waals surface area contributed by atoms with E-state index in [1.807, 2.05) is 66.7 Å². The zero-order valence-electron chi connectivity index (χ0n) is 28.5. The summed E-state index contributed by atoms with van der Waals surface area (Å²) in [4.78, 5) is 41.3. The molecule has 0 aliphatic rings. The van der Waals surface area contributed by atoms with Crippen molar-refractivity contribution in [3.63, 3.8) is 0 Å². The van der Waals surface area contributed by atoms with Crippen LogP contribution in [-0.2, 0) is 16.1 Å². The van der Waals surface area contributed by atoms with Crippen molar-refractivity contribution in [1.29, 1.82) is 0 Å². The minimum atomic E-state index is -0.576. The van der Waals surface area contributed by atoms with E-state index in [0.717, 1.165) is 49.3 Å². The Labute approximate surface area is 303 Å². The van der Waals surface area contributed by atoms with Crippen LogP contribution in [0.3, 0.4) is 0 Å². The third-order valence-electron chi connectivity index (χ3n) is 7.61. The molecule has 258 valence electrons. The van der Waals surface area contributed by atoms with Crippen LogP contribution >= 0.6 is 15.9 Å². The molecule has 12 heteroatoms. The molecule has 0 saturated carbocycles. The highest BCUT2D eigenvalue weighted by molar-refractivity contribution is 9.10. The van der Waals surface area contributed by atoms with Gasteiger partial charge in [0.1, 0.15) is 5.60 Å². The molecule has 4 N–H and O–H groups in total. The van der Waals surface area contributed by atoms with Gasteiger partial charge >= 0.3 is 6.09 Å². The van der Waals surface area contributed by atoms with Gasteiger partial charge in [-0.1, -0.05) is 48.5 Å². The van der Waals surface area contributed by atoms with E-state index in [2.05, 4.69) is 42.3 Å². The van der Waals surface area contributed by atoms with Crippen LogP contribution in [0.15, 0.2) is 114 Å². The Morgan fingerprint density at radius 3 is 2.16 bits per heavy atom. The highest BCUT2D eigenvalue weighted by Crippen LogP contribution is 2.30. The molecule has 6 rings (SSSR count). The molecule has 0 aliphatic heterocycles. The standard InChI is InChI=1S/C39H36BrN7O4/c1-24(48)43-32-7-5-6-29(20-32)26-12-14-27(15-13-26)34-21-35-33(40)23-42-47(35)37(46-34)45-31-18-16-30(17-19-31)44-36(49)28-10-8-25(9-11-28)22-41-38(50)51-39(2,3)4/h5-21,23H,22H2,1-4H3,(H,41,50)(H,43,48)(H,44,49)(H,45,46). The molecule has 0 aliphatic carbocycles. The van der Waals surface area contributed by atoms with Crippen LogP contribution in [0.4, 0.5) is 27.8 Å². The van der Waals surface area contributed by atoms with Crippen molar-refractivity contribution in [2.45, 2.75) is 39.8 Å². The number of ether oxygens (including phenoxy) is 1. The van der Waals surface area contributed by atoms with Crippen LogP contribution in [0.5, 0.6) is 0 Å². The fraction of sp³-hybridized carbons (Fsp3) is 0.154. The van der Waals surface area contributed by atoms with E-state index in [0.29, 0.717) is 17.2 Å². The summed E-state index contributed by atoms with van der Waals surface area (Å²) in [6, 6.07) is 32.1. The number of anilines is 4. The van der Waals surface area contributed by atoms with Gasteiger partial charge in [0.2, 0.25) is 11.9 Å². The molecule has 4 aromatic carbocycles. The first-order chi connectivity index (χ1) is 24.4. The lowest BCUT2D eigenvalue weighted by molar-refractivity contribution is -0.114. The fourth-order valence-corrected chi connectivity index (χ4v) is 5.61. The molecule has 0 bridgehead atoms. The van der Waals surface area contributed by atoms with Gasteiger partial charge in [-0.05, 0) is 108 Å². The zero-order valence-corrected chi connectivity index (χ0v) is 30.0. The number of nitrogens with zero attached hydrogens (tertiary/aromatic N) is 3. The maximum absolute atomic E-state index is 12.9. The quantitative estimate of drug-likeness (QED) is 0.116. The maximum Gasteiger partial charge on any atom is 0.407 e. The molecule has 0 radical (unpaired) electrons. The van der Waals surface area contributed by atoms with E-state index in [1.165, 1.54) is 6.92 Å². The Morgan fingerprint density at radius 1 is 0.784 bits per heavy atom. The van der Waals surface area contributed by atoms with E-state index in [9.17, 15) is 14.4 Å².